The number of unbranched alkanes of at least 4 members (excludes halogenated alkanes) is 1. The standard InChI is InChI=1S/C11H24O4S.K/c1-3-5-8-11(16(13,14)15)9-6-7-10(12)4-2;/h10-12H,3-9H2,1-2H3,(H,13,14,15);/q;+1/p-1. The van der Waals surface area contributed by atoms with Crippen molar-refractivity contribution in [2.24, 2.45) is 0 Å². The molecule has 2 atom stereocenters. The van der Waals surface area contributed by atoms with Crippen molar-refractivity contribution in [2.75, 3.05) is 0 Å². The van der Waals surface area contributed by atoms with Gasteiger partial charge in [-0.25, -0.2) is 8.42 Å². The summed E-state index contributed by atoms with van der Waals surface area (Å²) in [5.41, 5.74) is 0. The summed E-state index contributed by atoms with van der Waals surface area (Å²) >= 11 is 0. The quantitative estimate of drug-likeness (QED) is 0.438. The van der Waals surface area contributed by atoms with Gasteiger partial charge in [-0.05, 0) is 32.1 Å². The van der Waals surface area contributed by atoms with Crippen LogP contribution in [0.25, 0.3) is 0 Å². The first-order valence-corrected chi connectivity index (χ1v) is 7.51. The molecule has 0 aliphatic heterocycles. The number of aliphatic hydroxyl groups excluding tert-OH is 1. The molecule has 1 N–H and O–H groups in total. The number of hydrogen-bond acceptors (Lipinski definition) is 4. The zero-order valence-corrected chi connectivity index (χ0v) is 15.1. The predicted molar refractivity (Wildman–Crippen MR) is 63.2 cm³/mol. The minimum Gasteiger partial charge on any atom is -0.748 e. The molecule has 0 amide bonds. The van der Waals surface area contributed by atoms with E-state index in [1.54, 1.807) is 0 Å². The molecule has 4 nitrogen and oxygen atoms in total. The van der Waals surface area contributed by atoms with E-state index in [-0.39, 0.29) is 57.5 Å². The molecule has 0 radical (unpaired) electrons. The molecule has 17 heavy (non-hydrogen) atoms. The van der Waals surface area contributed by atoms with Gasteiger partial charge in [0.25, 0.3) is 0 Å². The monoisotopic (exact) mass is 290 g/mol. The molecule has 0 fully saturated rings. The van der Waals surface area contributed by atoms with Crippen LogP contribution in [0.15, 0.2) is 0 Å². The molecule has 0 saturated heterocycles. The van der Waals surface area contributed by atoms with Gasteiger partial charge < -0.3 is 9.66 Å². The van der Waals surface area contributed by atoms with Crippen molar-refractivity contribution in [2.45, 2.75) is 70.1 Å². The molecule has 0 rings (SSSR count). The fraction of sp³-hybridized carbons (Fsp3) is 1.00. The van der Waals surface area contributed by atoms with Crippen LogP contribution in [-0.4, -0.2) is 29.4 Å². The maximum absolute atomic E-state index is 11.0. The van der Waals surface area contributed by atoms with Crippen molar-refractivity contribution in [3.8, 4) is 0 Å². The Kier molecular flexibility index (Phi) is 13.9. The van der Waals surface area contributed by atoms with E-state index in [1.165, 1.54) is 0 Å². The molecule has 0 aromatic heterocycles. The first-order chi connectivity index (χ1) is 7.41. The molecular formula is C11H23KO4S. The molecule has 98 valence electrons. The zero-order chi connectivity index (χ0) is 12.6. The zero-order valence-electron chi connectivity index (χ0n) is 11.2. The third-order valence-electron chi connectivity index (χ3n) is 2.82. The van der Waals surface area contributed by atoms with Gasteiger partial charge in [-0.2, -0.15) is 0 Å². The number of aliphatic hydroxyl groups is 1. The topological polar surface area (TPSA) is 77.4 Å². The van der Waals surface area contributed by atoms with Crippen molar-refractivity contribution < 1.29 is 69.5 Å². The molecule has 0 heterocycles. The second kappa shape index (κ2) is 11.3. The van der Waals surface area contributed by atoms with E-state index in [2.05, 4.69) is 0 Å². The van der Waals surface area contributed by atoms with Gasteiger partial charge in [-0.15, -0.1) is 0 Å². The summed E-state index contributed by atoms with van der Waals surface area (Å²) in [5, 5.41) is 8.55. The Hall–Kier alpha value is 1.51. The molecular weight excluding hydrogens is 267 g/mol. The van der Waals surface area contributed by atoms with Crippen LogP contribution >= 0.6 is 0 Å². The third kappa shape index (κ3) is 11.1. The maximum Gasteiger partial charge on any atom is 1.00 e. The van der Waals surface area contributed by atoms with Crippen LogP contribution in [0.5, 0.6) is 0 Å². The van der Waals surface area contributed by atoms with Gasteiger partial charge in [0.05, 0.1) is 16.2 Å². The van der Waals surface area contributed by atoms with Gasteiger partial charge in [0.2, 0.25) is 0 Å². The summed E-state index contributed by atoms with van der Waals surface area (Å²) in [7, 11) is -4.17. The molecule has 0 spiro atoms. The Bertz CT molecular complexity index is 267. The van der Waals surface area contributed by atoms with Crippen LogP contribution in [0.4, 0.5) is 0 Å². The second-order valence-electron chi connectivity index (χ2n) is 4.25. The van der Waals surface area contributed by atoms with Gasteiger partial charge in [-0.3, -0.25) is 0 Å². The van der Waals surface area contributed by atoms with Gasteiger partial charge in [0.1, 0.15) is 0 Å². The SMILES string of the molecule is CCCCC(CCCC(O)CC)S(=O)(=O)[O-].[K+]. The van der Waals surface area contributed by atoms with Crippen molar-refractivity contribution in [1.29, 1.82) is 0 Å². The van der Waals surface area contributed by atoms with E-state index < -0.39 is 15.4 Å². The Morgan fingerprint density at radius 2 is 1.65 bits per heavy atom. The largest absolute Gasteiger partial charge is 1.00 e. The van der Waals surface area contributed by atoms with E-state index in [4.69, 9.17) is 0 Å². The van der Waals surface area contributed by atoms with Gasteiger partial charge in [0.15, 0.2) is 0 Å². The number of rotatable bonds is 9. The first-order valence-electron chi connectivity index (χ1n) is 6.04. The molecule has 0 bridgehead atoms. The van der Waals surface area contributed by atoms with Gasteiger partial charge in [-0.1, -0.05) is 26.7 Å². The van der Waals surface area contributed by atoms with E-state index in [0.717, 1.165) is 12.8 Å². The van der Waals surface area contributed by atoms with E-state index in [0.29, 0.717) is 32.1 Å². The van der Waals surface area contributed by atoms with Gasteiger partial charge >= 0.3 is 51.4 Å². The first kappa shape index (κ1) is 20.8. The average Bonchev–Trinajstić information content (AvgIpc) is 2.20. The minimum absolute atomic E-state index is 0. The molecule has 2 unspecified atom stereocenters. The van der Waals surface area contributed by atoms with Crippen LogP contribution in [0, 0.1) is 0 Å². The predicted octanol–water partition coefficient (Wildman–Crippen LogP) is -0.964. The van der Waals surface area contributed by atoms with Crippen molar-refractivity contribution in [3.63, 3.8) is 0 Å². The Labute approximate surface area is 148 Å². The van der Waals surface area contributed by atoms with Crippen LogP contribution < -0.4 is 51.4 Å². The van der Waals surface area contributed by atoms with Gasteiger partial charge in [0, 0.05) is 5.25 Å². The average molecular weight is 290 g/mol. The van der Waals surface area contributed by atoms with Crippen LogP contribution in [-0.2, 0) is 10.1 Å². The smallest absolute Gasteiger partial charge is 0.748 e. The third-order valence-corrected chi connectivity index (χ3v) is 4.11. The molecule has 0 aromatic carbocycles. The molecule has 0 aliphatic carbocycles. The Balaban J connectivity index is 0. The summed E-state index contributed by atoms with van der Waals surface area (Å²) in [4.78, 5) is 0. The van der Waals surface area contributed by atoms with Crippen LogP contribution in [0.1, 0.15) is 58.8 Å². The number of hydrogen-bond donors (Lipinski definition) is 1. The summed E-state index contributed by atoms with van der Waals surface area (Å²) in [6, 6.07) is 0. The molecule has 0 aliphatic rings. The van der Waals surface area contributed by atoms with Crippen molar-refractivity contribution in [1.82, 2.24) is 0 Å². The van der Waals surface area contributed by atoms with Crippen LogP contribution in [0.3, 0.4) is 0 Å². The Morgan fingerprint density at radius 3 is 2.06 bits per heavy atom. The summed E-state index contributed by atoms with van der Waals surface area (Å²) in [6.45, 7) is 3.85. The van der Waals surface area contributed by atoms with Crippen LogP contribution in [0.2, 0.25) is 0 Å². The molecule has 0 aromatic rings. The second-order valence-corrected chi connectivity index (χ2v) is 5.90. The van der Waals surface area contributed by atoms with E-state index >= 15 is 0 Å². The fourth-order valence-corrected chi connectivity index (χ4v) is 2.56. The minimum atomic E-state index is -4.17. The summed E-state index contributed by atoms with van der Waals surface area (Å²) in [5.74, 6) is 0. The normalized spacial score (nSPS) is 15.1. The molecule has 6 heteroatoms. The van der Waals surface area contributed by atoms with E-state index in [9.17, 15) is 18.1 Å². The molecule has 0 saturated carbocycles. The Morgan fingerprint density at radius 1 is 1.12 bits per heavy atom. The van der Waals surface area contributed by atoms with Crippen molar-refractivity contribution in [3.05, 3.63) is 0 Å². The fourth-order valence-electron chi connectivity index (χ4n) is 1.65. The summed E-state index contributed by atoms with van der Waals surface area (Å²) in [6.07, 6.45) is 3.96. The van der Waals surface area contributed by atoms with E-state index in [1.807, 2.05) is 13.8 Å². The maximum atomic E-state index is 11.0. The van der Waals surface area contributed by atoms with Crippen molar-refractivity contribution >= 4 is 10.1 Å². The summed E-state index contributed by atoms with van der Waals surface area (Å²) < 4.78 is 32.9.